The molecule has 0 aliphatic carbocycles. The normalized spacial score (nSPS) is 16.7. The van der Waals surface area contributed by atoms with Crippen molar-refractivity contribution in [1.82, 2.24) is 9.78 Å². The highest BCUT2D eigenvalue weighted by molar-refractivity contribution is 5.90. The van der Waals surface area contributed by atoms with E-state index in [1.165, 1.54) is 0 Å². The Morgan fingerprint density at radius 2 is 2.21 bits per heavy atom. The third-order valence-electron chi connectivity index (χ3n) is 2.51. The molecule has 5 heteroatoms. The lowest BCUT2D eigenvalue weighted by molar-refractivity contribution is -0.0296. The second-order valence-corrected chi connectivity index (χ2v) is 3.49. The molecule has 0 aromatic carbocycles. The fourth-order valence-electron chi connectivity index (χ4n) is 1.69. The van der Waals surface area contributed by atoms with E-state index in [2.05, 4.69) is 5.10 Å². The lowest BCUT2D eigenvalue weighted by Gasteiger charge is -2.27. The first-order valence-corrected chi connectivity index (χ1v) is 4.48. The van der Waals surface area contributed by atoms with E-state index in [9.17, 15) is 4.79 Å². The average Bonchev–Trinajstić information content (AvgIpc) is 2.23. The van der Waals surface area contributed by atoms with Crippen molar-refractivity contribution in [2.75, 3.05) is 13.2 Å². The predicted molar refractivity (Wildman–Crippen MR) is 48.5 cm³/mol. The Bertz CT molecular complexity index is 380. The number of rotatable bonds is 2. The number of ether oxygens (including phenoxy) is 1. The maximum absolute atomic E-state index is 10.9. The number of nitrogens with zero attached hydrogens (tertiary/aromatic N) is 2. The number of carbonyl (C=O) groups is 1. The molecule has 76 valence electrons. The maximum atomic E-state index is 10.9. The van der Waals surface area contributed by atoms with E-state index in [4.69, 9.17) is 9.84 Å². The smallest absolute Gasteiger partial charge is 0.339 e. The Labute approximate surface area is 81.3 Å². The van der Waals surface area contributed by atoms with Crippen LogP contribution in [0, 0.1) is 13.8 Å². The van der Waals surface area contributed by atoms with Crippen molar-refractivity contribution < 1.29 is 14.6 Å². The fraction of sp³-hybridized carbons (Fsp3) is 0.556. The predicted octanol–water partition coefficient (Wildman–Crippen LogP) is 0.769. The van der Waals surface area contributed by atoms with E-state index in [1.807, 2.05) is 0 Å². The zero-order chi connectivity index (χ0) is 10.3. The molecule has 0 atom stereocenters. The van der Waals surface area contributed by atoms with Gasteiger partial charge in [-0.3, -0.25) is 4.68 Å². The molecule has 1 saturated heterocycles. The monoisotopic (exact) mass is 196 g/mol. The summed E-state index contributed by atoms with van der Waals surface area (Å²) in [7, 11) is 0. The van der Waals surface area contributed by atoms with E-state index in [-0.39, 0.29) is 6.04 Å². The molecular formula is C9H12N2O3. The standard InChI is InChI=1S/C9H12N2O3/c1-5-8(9(12)13)6(2)11(10-5)7-3-14-4-7/h7H,3-4H2,1-2H3,(H,12,13). The molecule has 1 fully saturated rings. The molecule has 2 heterocycles. The minimum absolute atomic E-state index is 0.210. The molecule has 0 radical (unpaired) electrons. The number of carboxylic acids is 1. The summed E-state index contributed by atoms with van der Waals surface area (Å²) < 4.78 is 6.80. The molecule has 1 aliphatic heterocycles. The van der Waals surface area contributed by atoms with Gasteiger partial charge in [-0.1, -0.05) is 0 Å². The SMILES string of the molecule is Cc1nn(C2COC2)c(C)c1C(=O)O. The molecule has 5 nitrogen and oxygen atoms in total. The van der Waals surface area contributed by atoms with Crippen molar-refractivity contribution in [3.8, 4) is 0 Å². The molecule has 1 N–H and O–H groups in total. The number of aromatic nitrogens is 2. The highest BCUT2D eigenvalue weighted by Gasteiger charge is 2.26. The number of hydrogen-bond acceptors (Lipinski definition) is 3. The van der Waals surface area contributed by atoms with Gasteiger partial charge in [0.1, 0.15) is 5.56 Å². The van der Waals surface area contributed by atoms with Crippen molar-refractivity contribution in [2.45, 2.75) is 19.9 Å². The van der Waals surface area contributed by atoms with Gasteiger partial charge in [0.25, 0.3) is 0 Å². The van der Waals surface area contributed by atoms with Crippen molar-refractivity contribution in [3.05, 3.63) is 17.0 Å². The largest absolute Gasteiger partial charge is 0.478 e. The summed E-state index contributed by atoms with van der Waals surface area (Å²) in [4.78, 5) is 10.9. The number of hydrogen-bond donors (Lipinski definition) is 1. The highest BCUT2D eigenvalue weighted by atomic mass is 16.5. The molecule has 0 bridgehead atoms. The molecule has 1 aromatic rings. The Kier molecular flexibility index (Phi) is 2.03. The van der Waals surface area contributed by atoms with Crippen LogP contribution in [0.1, 0.15) is 27.8 Å². The topological polar surface area (TPSA) is 64.4 Å². The summed E-state index contributed by atoms with van der Waals surface area (Å²) in [6.07, 6.45) is 0. The summed E-state index contributed by atoms with van der Waals surface area (Å²) in [6, 6.07) is 0.210. The molecule has 2 rings (SSSR count). The van der Waals surface area contributed by atoms with Crippen LogP contribution in [0.4, 0.5) is 0 Å². The third-order valence-corrected chi connectivity index (χ3v) is 2.51. The van der Waals surface area contributed by atoms with Crippen molar-refractivity contribution >= 4 is 5.97 Å². The lowest BCUT2D eigenvalue weighted by atomic mass is 10.2. The molecular weight excluding hydrogens is 184 g/mol. The quantitative estimate of drug-likeness (QED) is 0.758. The van der Waals surface area contributed by atoms with Gasteiger partial charge in [-0.25, -0.2) is 4.79 Å². The summed E-state index contributed by atoms with van der Waals surface area (Å²) in [5.74, 6) is -0.911. The summed E-state index contributed by atoms with van der Waals surface area (Å²) in [5, 5.41) is 13.2. The maximum Gasteiger partial charge on any atom is 0.339 e. The van der Waals surface area contributed by atoms with Gasteiger partial charge in [0.05, 0.1) is 30.6 Å². The first-order chi connectivity index (χ1) is 6.61. The zero-order valence-electron chi connectivity index (χ0n) is 8.15. The average molecular weight is 196 g/mol. The van der Waals surface area contributed by atoms with Gasteiger partial charge in [-0.15, -0.1) is 0 Å². The zero-order valence-corrected chi connectivity index (χ0v) is 8.15. The van der Waals surface area contributed by atoms with Crippen LogP contribution in [0.2, 0.25) is 0 Å². The minimum atomic E-state index is -0.911. The molecule has 14 heavy (non-hydrogen) atoms. The van der Waals surface area contributed by atoms with Gasteiger partial charge in [-0.05, 0) is 13.8 Å². The van der Waals surface area contributed by atoms with Gasteiger partial charge >= 0.3 is 5.97 Å². The number of carboxylic acid groups (broad SMARTS) is 1. The van der Waals surface area contributed by atoms with Crippen LogP contribution in [0.3, 0.4) is 0 Å². The number of aromatic carboxylic acids is 1. The van der Waals surface area contributed by atoms with Gasteiger partial charge in [0.15, 0.2) is 0 Å². The number of aryl methyl sites for hydroxylation is 1. The van der Waals surface area contributed by atoms with Crippen LogP contribution >= 0.6 is 0 Å². The van der Waals surface area contributed by atoms with Crippen LogP contribution in [0.25, 0.3) is 0 Å². The summed E-state index contributed by atoms with van der Waals surface area (Å²) in [6.45, 7) is 4.75. The molecule has 0 saturated carbocycles. The highest BCUT2D eigenvalue weighted by Crippen LogP contribution is 2.22. The Hall–Kier alpha value is -1.36. The van der Waals surface area contributed by atoms with Gasteiger partial charge < -0.3 is 9.84 Å². The van der Waals surface area contributed by atoms with E-state index in [1.54, 1.807) is 18.5 Å². The van der Waals surface area contributed by atoms with Crippen LogP contribution in [0.5, 0.6) is 0 Å². The Morgan fingerprint density at radius 1 is 1.57 bits per heavy atom. The van der Waals surface area contributed by atoms with Crippen molar-refractivity contribution in [3.63, 3.8) is 0 Å². The van der Waals surface area contributed by atoms with E-state index >= 15 is 0 Å². The van der Waals surface area contributed by atoms with Crippen LogP contribution in [-0.4, -0.2) is 34.1 Å². The minimum Gasteiger partial charge on any atom is -0.478 e. The van der Waals surface area contributed by atoms with Crippen LogP contribution < -0.4 is 0 Å². The van der Waals surface area contributed by atoms with Crippen LogP contribution in [0.15, 0.2) is 0 Å². The molecule has 0 amide bonds. The molecule has 0 unspecified atom stereocenters. The Morgan fingerprint density at radius 3 is 2.57 bits per heavy atom. The van der Waals surface area contributed by atoms with Crippen molar-refractivity contribution in [2.24, 2.45) is 0 Å². The van der Waals surface area contributed by atoms with Gasteiger partial charge in [0, 0.05) is 0 Å². The lowest BCUT2D eigenvalue weighted by Crippen LogP contribution is -2.32. The van der Waals surface area contributed by atoms with E-state index < -0.39 is 5.97 Å². The fourth-order valence-corrected chi connectivity index (χ4v) is 1.69. The van der Waals surface area contributed by atoms with Crippen LogP contribution in [-0.2, 0) is 4.74 Å². The molecule has 0 spiro atoms. The summed E-state index contributed by atoms with van der Waals surface area (Å²) >= 11 is 0. The second kappa shape index (κ2) is 3.09. The molecule has 1 aromatic heterocycles. The first-order valence-electron chi connectivity index (χ1n) is 4.48. The van der Waals surface area contributed by atoms with E-state index in [0.29, 0.717) is 30.2 Å². The van der Waals surface area contributed by atoms with Gasteiger partial charge in [-0.2, -0.15) is 5.10 Å². The Balaban J connectivity index is 2.42. The molecule has 1 aliphatic rings. The second-order valence-electron chi connectivity index (χ2n) is 3.49. The van der Waals surface area contributed by atoms with Gasteiger partial charge in [0.2, 0.25) is 0 Å². The third kappa shape index (κ3) is 1.21. The summed E-state index contributed by atoms with van der Waals surface area (Å²) in [5.41, 5.74) is 1.60. The first kappa shape index (κ1) is 9.21. The van der Waals surface area contributed by atoms with Crippen molar-refractivity contribution in [1.29, 1.82) is 0 Å². The van der Waals surface area contributed by atoms with E-state index in [0.717, 1.165) is 0 Å².